The van der Waals surface area contributed by atoms with Gasteiger partial charge in [-0.3, -0.25) is 0 Å². The first-order valence-electron chi connectivity index (χ1n) is 4.54. The van der Waals surface area contributed by atoms with Gasteiger partial charge in [-0.05, 0) is 36.8 Å². The standard InChI is InChI=1S/C13H8OS/c1-2-5-12-8-9-13(15-12)7-4-3-6-11-10-14-11/h8-9,11H,10H2,1H3/t11-/m1/s1. The van der Waals surface area contributed by atoms with Gasteiger partial charge < -0.3 is 4.74 Å². The van der Waals surface area contributed by atoms with Gasteiger partial charge >= 0.3 is 0 Å². The van der Waals surface area contributed by atoms with E-state index in [1.165, 1.54) is 0 Å². The van der Waals surface area contributed by atoms with E-state index in [2.05, 4.69) is 35.5 Å². The molecule has 1 saturated heterocycles. The van der Waals surface area contributed by atoms with Crippen LogP contribution in [0.15, 0.2) is 12.1 Å². The van der Waals surface area contributed by atoms with Crippen molar-refractivity contribution in [2.75, 3.05) is 6.61 Å². The van der Waals surface area contributed by atoms with Crippen LogP contribution in [-0.4, -0.2) is 12.7 Å². The molecule has 1 aliphatic heterocycles. The molecule has 2 heterocycles. The van der Waals surface area contributed by atoms with Crippen molar-refractivity contribution in [1.82, 2.24) is 0 Å². The Hall–Kier alpha value is -1.66. The van der Waals surface area contributed by atoms with Crippen LogP contribution < -0.4 is 0 Å². The van der Waals surface area contributed by atoms with Crippen molar-refractivity contribution >= 4 is 11.3 Å². The Morgan fingerprint density at radius 1 is 1.27 bits per heavy atom. The lowest BCUT2D eigenvalue weighted by Crippen LogP contribution is -1.71. The first-order valence-corrected chi connectivity index (χ1v) is 5.36. The number of epoxide rings is 1. The molecule has 1 fully saturated rings. The Labute approximate surface area is 93.5 Å². The molecule has 2 rings (SSSR count). The van der Waals surface area contributed by atoms with E-state index >= 15 is 0 Å². The average molecular weight is 212 g/mol. The van der Waals surface area contributed by atoms with E-state index < -0.39 is 0 Å². The van der Waals surface area contributed by atoms with Crippen molar-refractivity contribution < 1.29 is 4.74 Å². The van der Waals surface area contributed by atoms with Crippen molar-refractivity contribution in [3.63, 3.8) is 0 Å². The van der Waals surface area contributed by atoms with Gasteiger partial charge in [0.25, 0.3) is 0 Å². The summed E-state index contributed by atoms with van der Waals surface area (Å²) >= 11 is 1.59. The minimum Gasteiger partial charge on any atom is -0.359 e. The summed E-state index contributed by atoms with van der Waals surface area (Å²) in [5.41, 5.74) is 0. The SMILES string of the molecule is CC#Cc1ccc(C#CC#C[C@@H]2CO2)s1. The zero-order valence-electron chi connectivity index (χ0n) is 8.26. The van der Waals surface area contributed by atoms with Gasteiger partial charge in [-0.2, -0.15) is 0 Å². The van der Waals surface area contributed by atoms with E-state index in [1.807, 2.05) is 19.1 Å². The number of hydrogen-bond acceptors (Lipinski definition) is 2. The molecule has 1 aromatic heterocycles. The Balaban J connectivity index is 2.02. The van der Waals surface area contributed by atoms with Gasteiger partial charge in [0.05, 0.1) is 16.4 Å². The van der Waals surface area contributed by atoms with Crippen molar-refractivity contribution in [2.45, 2.75) is 13.0 Å². The summed E-state index contributed by atoms with van der Waals surface area (Å²) in [6.45, 7) is 2.58. The van der Waals surface area contributed by atoms with Gasteiger partial charge in [0.1, 0.15) is 6.10 Å². The highest BCUT2D eigenvalue weighted by molar-refractivity contribution is 7.13. The maximum Gasteiger partial charge on any atom is 0.142 e. The van der Waals surface area contributed by atoms with Crippen LogP contribution in [0.5, 0.6) is 0 Å². The Morgan fingerprint density at radius 3 is 2.67 bits per heavy atom. The summed E-state index contributed by atoms with van der Waals surface area (Å²) in [4.78, 5) is 2.04. The molecule has 2 heteroatoms. The molecule has 0 saturated carbocycles. The predicted molar refractivity (Wildman–Crippen MR) is 61.3 cm³/mol. The van der Waals surface area contributed by atoms with Crippen molar-refractivity contribution in [1.29, 1.82) is 0 Å². The number of rotatable bonds is 0. The van der Waals surface area contributed by atoms with Crippen molar-refractivity contribution in [3.05, 3.63) is 21.9 Å². The summed E-state index contributed by atoms with van der Waals surface area (Å²) in [6, 6.07) is 3.94. The summed E-state index contributed by atoms with van der Waals surface area (Å²) < 4.78 is 4.94. The number of ether oxygens (including phenoxy) is 1. The third-order valence-electron chi connectivity index (χ3n) is 1.67. The van der Waals surface area contributed by atoms with Gasteiger partial charge in [-0.25, -0.2) is 0 Å². The van der Waals surface area contributed by atoms with E-state index in [0.717, 1.165) is 16.4 Å². The molecule has 0 aliphatic carbocycles. The highest BCUT2D eigenvalue weighted by Gasteiger charge is 2.18. The Morgan fingerprint density at radius 2 is 2.00 bits per heavy atom. The second kappa shape index (κ2) is 4.72. The Bertz CT molecular complexity index is 530. The summed E-state index contributed by atoms with van der Waals surface area (Å²) in [6.07, 6.45) is 0.129. The molecule has 1 nitrogen and oxygen atoms in total. The second-order valence-electron chi connectivity index (χ2n) is 2.88. The third-order valence-corrected chi connectivity index (χ3v) is 2.59. The number of hydrogen-bond donors (Lipinski definition) is 0. The fourth-order valence-electron chi connectivity index (χ4n) is 0.936. The maximum atomic E-state index is 4.94. The quantitative estimate of drug-likeness (QED) is 0.472. The van der Waals surface area contributed by atoms with E-state index in [4.69, 9.17) is 4.74 Å². The molecule has 72 valence electrons. The third kappa shape index (κ3) is 3.19. The molecule has 1 aliphatic rings. The van der Waals surface area contributed by atoms with Crippen LogP contribution >= 0.6 is 11.3 Å². The molecule has 0 aromatic carbocycles. The second-order valence-corrected chi connectivity index (χ2v) is 3.96. The van der Waals surface area contributed by atoms with Crippen LogP contribution in [0.25, 0.3) is 0 Å². The average Bonchev–Trinajstić information content (AvgIpc) is 2.95. The zero-order valence-corrected chi connectivity index (χ0v) is 9.07. The lowest BCUT2D eigenvalue weighted by molar-refractivity contribution is 0.445. The minimum absolute atomic E-state index is 0.129. The zero-order chi connectivity index (χ0) is 10.5. The van der Waals surface area contributed by atoms with Gasteiger partial charge in [0, 0.05) is 0 Å². The molecule has 0 amide bonds. The first kappa shape index (κ1) is 9.88. The normalized spacial score (nSPS) is 16.2. The Kier molecular flexibility index (Phi) is 3.11. The fourth-order valence-corrected chi connectivity index (χ4v) is 1.70. The molecule has 0 radical (unpaired) electrons. The van der Waals surface area contributed by atoms with E-state index in [1.54, 1.807) is 11.3 Å². The van der Waals surface area contributed by atoms with Crippen LogP contribution in [0.3, 0.4) is 0 Å². The van der Waals surface area contributed by atoms with Gasteiger partial charge in [-0.15, -0.1) is 17.3 Å². The predicted octanol–water partition coefficient (Wildman–Crippen LogP) is 1.87. The number of thiophene rings is 1. The molecule has 15 heavy (non-hydrogen) atoms. The summed E-state index contributed by atoms with van der Waals surface area (Å²) in [5.74, 6) is 17.3. The minimum atomic E-state index is 0.129. The van der Waals surface area contributed by atoms with Crippen LogP contribution in [0.2, 0.25) is 0 Å². The van der Waals surface area contributed by atoms with Gasteiger partial charge in [-0.1, -0.05) is 11.8 Å². The van der Waals surface area contributed by atoms with E-state index in [-0.39, 0.29) is 6.10 Å². The summed E-state index contributed by atoms with van der Waals surface area (Å²) in [5, 5.41) is 0. The molecule has 1 atom stereocenters. The van der Waals surface area contributed by atoms with Gasteiger partial charge in [0.15, 0.2) is 0 Å². The molecule has 0 bridgehead atoms. The maximum absolute atomic E-state index is 4.94. The molecule has 0 spiro atoms. The smallest absolute Gasteiger partial charge is 0.142 e. The topological polar surface area (TPSA) is 12.5 Å². The van der Waals surface area contributed by atoms with Crippen LogP contribution in [0, 0.1) is 35.5 Å². The lowest BCUT2D eigenvalue weighted by atomic mass is 10.4. The molecular weight excluding hydrogens is 204 g/mol. The fraction of sp³-hybridized carbons (Fsp3) is 0.231. The lowest BCUT2D eigenvalue weighted by Gasteiger charge is -1.74. The van der Waals surface area contributed by atoms with E-state index in [9.17, 15) is 0 Å². The van der Waals surface area contributed by atoms with Crippen LogP contribution in [0.1, 0.15) is 16.7 Å². The molecule has 1 aromatic rings. The van der Waals surface area contributed by atoms with Crippen LogP contribution in [-0.2, 0) is 4.74 Å². The molecular formula is C13H8OS. The van der Waals surface area contributed by atoms with Crippen molar-refractivity contribution in [3.8, 4) is 35.5 Å². The highest BCUT2D eigenvalue weighted by atomic mass is 32.1. The van der Waals surface area contributed by atoms with Crippen LogP contribution in [0.4, 0.5) is 0 Å². The van der Waals surface area contributed by atoms with E-state index in [0.29, 0.717) is 0 Å². The largest absolute Gasteiger partial charge is 0.359 e. The highest BCUT2D eigenvalue weighted by Crippen LogP contribution is 2.13. The first-order chi connectivity index (χ1) is 7.38. The van der Waals surface area contributed by atoms with Gasteiger partial charge in [0.2, 0.25) is 0 Å². The monoisotopic (exact) mass is 212 g/mol. The summed E-state index contributed by atoms with van der Waals surface area (Å²) in [7, 11) is 0. The molecule has 0 unspecified atom stereocenters. The van der Waals surface area contributed by atoms with Crippen molar-refractivity contribution in [2.24, 2.45) is 0 Å². The molecule has 0 N–H and O–H groups in total.